The molecular formula is C15H23F3N2. The van der Waals surface area contributed by atoms with Crippen LogP contribution in [0.3, 0.4) is 0 Å². The first-order valence-corrected chi connectivity index (χ1v) is 6.99. The van der Waals surface area contributed by atoms with E-state index in [4.69, 9.17) is 0 Å². The second kappa shape index (κ2) is 7.64. The van der Waals surface area contributed by atoms with Gasteiger partial charge in [-0.3, -0.25) is 0 Å². The van der Waals surface area contributed by atoms with E-state index in [0.29, 0.717) is 5.56 Å². The molecule has 0 amide bonds. The minimum atomic E-state index is -4.28. The Labute approximate surface area is 119 Å². The highest BCUT2D eigenvalue weighted by Crippen LogP contribution is 2.31. The predicted molar refractivity (Wildman–Crippen MR) is 75.6 cm³/mol. The lowest BCUT2D eigenvalue weighted by Crippen LogP contribution is -2.28. The number of nitrogens with zero attached hydrogens (tertiary/aromatic N) is 1. The third-order valence-electron chi connectivity index (χ3n) is 3.59. The van der Waals surface area contributed by atoms with Gasteiger partial charge in [-0.05, 0) is 50.8 Å². The van der Waals surface area contributed by atoms with Crippen molar-refractivity contribution in [2.45, 2.75) is 32.5 Å². The Bertz CT molecular complexity index is 400. The summed E-state index contributed by atoms with van der Waals surface area (Å²) < 4.78 is 38.2. The first-order valence-electron chi connectivity index (χ1n) is 6.99. The molecule has 1 atom stereocenters. The monoisotopic (exact) mass is 288 g/mol. The molecular weight excluding hydrogens is 265 g/mol. The van der Waals surface area contributed by atoms with Gasteiger partial charge in [0.15, 0.2) is 0 Å². The van der Waals surface area contributed by atoms with Gasteiger partial charge in [-0.25, -0.2) is 0 Å². The molecule has 2 nitrogen and oxygen atoms in total. The van der Waals surface area contributed by atoms with Gasteiger partial charge < -0.3 is 10.2 Å². The zero-order chi connectivity index (χ0) is 15.2. The fourth-order valence-electron chi connectivity index (χ4n) is 2.26. The van der Waals surface area contributed by atoms with Gasteiger partial charge in [-0.1, -0.05) is 26.0 Å². The van der Waals surface area contributed by atoms with Crippen molar-refractivity contribution in [3.8, 4) is 0 Å². The molecule has 0 aromatic heterocycles. The minimum Gasteiger partial charge on any atom is -0.313 e. The summed E-state index contributed by atoms with van der Waals surface area (Å²) in [6, 6.07) is 5.51. The number of benzene rings is 1. The van der Waals surface area contributed by atoms with Crippen molar-refractivity contribution in [3.05, 3.63) is 35.4 Å². The van der Waals surface area contributed by atoms with Gasteiger partial charge in [0.05, 0.1) is 5.56 Å². The normalized spacial score (nSPS) is 13.8. The topological polar surface area (TPSA) is 15.3 Å². The van der Waals surface area contributed by atoms with Crippen molar-refractivity contribution >= 4 is 0 Å². The van der Waals surface area contributed by atoms with Crippen LogP contribution >= 0.6 is 0 Å². The molecule has 1 rings (SSSR count). The highest BCUT2D eigenvalue weighted by molar-refractivity contribution is 5.28. The first kappa shape index (κ1) is 17.0. The van der Waals surface area contributed by atoms with Gasteiger partial charge in [0.1, 0.15) is 0 Å². The molecule has 0 saturated heterocycles. The molecule has 0 heterocycles. The molecule has 1 aromatic rings. The Kier molecular flexibility index (Phi) is 6.49. The highest BCUT2D eigenvalue weighted by atomic mass is 19.4. The third-order valence-corrected chi connectivity index (χ3v) is 3.59. The molecule has 5 heteroatoms. The number of hydrogen-bond acceptors (Lipinski definition) is 2. The first-order chi connectivity index (χ1) is 9.42. The van der Waals surface area contributed by atoms with Gasteiger partial charge >= 0.3 is 6.18 Å². The van der Waals surface area contributed by atoms with Gasteiger partial charge in [0, 0.05) is 6.04 Å². The van der Waals surface area contributed by atoms with Gasteiger partial charge in [0.25, 0.3) is 0 Å². The average Bonchev–Trinajstić information content (AvgIpc) is 2.43. The lowest BCUT2D eigenvalue weighted by atomic mass is 10.0. The molecule has 0 aliphatic rings. The van der Waals surface area contributed by atoms with Crippen LogP contribution in [0.5, 0.6) is 0 Å². The molecule has 0 aliphatic carbocycles. The summed E-state index contributed by atoms with van der Waals surface area (Å²) in [5, 5.41) is 3.11. The minimum absolute atomic E-state index is 0.0575. The van der Waals surface area contributed by atoms with Gasteiger partial charge in [-0.15, -0.1) is 0 Å². The number of rotatable bonds is 7. The van der Waals surface area contributed by atoms with E-state index in [1.807, 2.05) is 0 Å². The second-order valence-corrected chi connectivity index (χ2v) is 4.78. The Morgan fingerprint density at radius 1 is 1.20 bits per heavy atom. The van der Waals surface area contributed by atoms with E-state index in [1.165, 1.54) is 12.1 Å². The molecule has 20 heavy (non-hydrogen) atoms. The van der Waals surface area contributed by atoms with Crippen LogP contribution in [0.2, 0.25) is 0 Å². The lowest BCUT2D eigenvalue weighted by molar-refractivity contribution is -0.137. The fraction of sp³-hybridized carbons (Fsp3) is 0.600. The van der Waals surface area contributed by atoms with Crippen molar-refractivity contribution in [2.75, 3.05) is 26.7 Å². The summed E-state index contributed by atoms with van der Waals surface area (Å²) in [6.07, 6.45) is -3.49. The summed E-state index contributed by atoms with van der Waals surface area (Å²) in [5.74, 6) is 0. The summed E-state index contributed by atoms with van der Waals surface area (Å²) in [4.78, 5) is 2.26. The Balaban J connectivity index is 2.79. The third kappa shape index (κ3) is 4.80. The van der Waals surface area contributed by atoms with Crippen molar-refractivity contribution in [2.24, 2.45) is 0 Å². The predicted octanol–water partition coefficient (Wildman–Crippen LogP) is 3.70. The fourth-order valence-corrected chi connectivity index (χ4v) is 2.26. The molecule has 0 bridgehead atoms. The van der Waals surface area contributed by atoms with E-state index >= 15 is 0 Å². The maximum atomic E-state index is 12.7. The maximum Gasteiger partial charge on any atom is 0.416 e. The molecule has 0 spiro atoms. The summed E-state index contributed by atoms with van der Waals surface area (Å²) in [7, 11) is 1.78. The van der Waals surface area contributed by atoms with E-state index in [9.17, 15) is 13.2 Å². The summed E-state index contributed by atoms with van der Waals surface area (Å²) in [5.41, 5.74) is 0.104. The van der Waals surface area contributed by atoms with Crippen molar-refractivity contribution in [1.82, 2.24) is 10.2 Å². The quantitative estimate of drug-likeness (QED) is 0.823. The molecule has 0 saturated carbocycles. The Morgan fingerprint density at radius 3 is 2.35 bits per heavy atom. The lowest BCUT2D eigenvalue weighted by Gasteiger charge is -2.23. The maximum absolute atomic E-state index is 12.7. The van der Waals surface area contributed by atoms with Crippen LogP contribution < -0.4 is 5.32 Å². The van der Waals surface area contributed by atoms with Crippen LogP contribution in [0.1, 0.15) is 37.4 Å². The summed E-state index contributed by atoms with van der Waals surface area (Å²) >= 11 is 0. The molecule has 1 unspecified atom stereocenters. The zero-order valence-electron chi connectivity index (χ0n) is 12.3. The molecule has 0 fully saturated rings. The smallest absolute Gasteiger partial charge is 0.313 e. The van der Waals surface area contributed by atoms with Crippen LogP contribution in [0.4, 0.5) is 13.2 Å². The number of nitrogens with one attached hydrogen (secondary N) is 1. The van der Waals surface area contributed by atoms with E-state index in [1.54, 1.807) is 13.1 Å². The molecule has 0 radical (unpaired) electrons. The van der Waals surface area contributed by atoms with Crippen LogP contribution in [0.25, 0.3) is 0 Å². The number of halogens is 3. The van der Waals surface area contributed by atoms with Crippen LogP contribution in [-0.4, -0.2) is 31.6 Å². The second-order valence-electron chi connectivity index (χ2n) is 4.78. The van der Waals surface area contributed by atoms with Crippen LogP contribution in [0, 0.1) is 0 Å². The van der Waals surface area contributed by atoms with E-state index in [2.05, 4.69) is 24.1 Å². The molecule has 1 aromatic carbocycles. The van der Waals surface area contributed by atoms with E-state index < -0.39 is 11.7 Å². The highest BCUT2D eigenvalue weighted by Gasteiger charge is 2.30. The van der Waals surface area contributed by atoms with Crippen molar-refractivity contribution < 1.29 is 13.2 Å². The van der Waals surface area contributed by atoms with Crippen LogP contribution in [0.15, 0.2) is 24.3 Å². The van der Waals surface area contributed by atoms with E-state index in [0.717, 1.165) is 32.1 Å². The Hall–Kier alpha value is -1.07. The summed E-state index contributed by atoms with van der Waals surface area (Å²) in [6.45, 7) is 6.95. The van der Waals surface area contributed by atoms with Crippen molar-refractivity contribution in [1.29, 1.82) is 0 Å². The largest absolute Gasteiger partial charge is 0.416 e. The van der Waals surface area contributed by atoms with Crippen LogP contribution in [-0.2, 0) is 6.18 Å². The van der Waals surface area contributed by atoms with Gasteiger partial charge in [-0.2, -0.15) is 13.2 Å². The average molecular weight is 288 g/mol. The molecule has 114 valence electrons. The SMILES string of the molecule is CCN(CC)CCC(NC)c1cccc(C(F)(F)F)c1. The molecule has 1 N–H and O–H groups in total. The number of alkyl halides is 3. The zero-order valence-corrected chi connectivity index (χ0v) is 12.3. The van der Waals surface area contributed by atoms with E-state index in [-0.39, 0.29) is 6.04 Å². The Morgan fingerprint density at radius 2 is 1.85 bits per heavy atom. The van der Waals surface area contributed by atoms with Crippen molar-refractivity contribution in [3.63, 3.8) is 0 Å². The number of hydrogen-bond donors (Lipinski definition) is 1. The standard InChI is InChI=1S/C15H23F3N2/c1-4-20(5-2)10-9-14(19-3)12-7-6-8-13(11-12)15(16,17)18/h6-8,11,14,19H,4-5,9-10H2,1-3H3. The van der Waals surface area contributed by atoms with Gasteiger partial charge in [0.2, 0.25) is 0 Å². The molecule has 0 aliphatic heterocycles.